The van der Waals surface area contributed by atoms with Crippen LogP contribution in [0.25, 0.3) is 0 Å². The van der Waals surface area contributed by atoms with Gasteiger partial charge in [0, 0.05) is 26.0 Å². The molecule has 0 fully saturated rings. The number of nitrogens with two attached hydrogens (primary N) is 1. The molecule has 1 atom stereocenters. The monoisotopic (exact) mass is 155 g/mol. The summed E-state index contributed by atoms with van der Waals surface area (Å²) in [5.41, 5.74) is 5.19. The minimum absolute atomic E-state index is 0.292. The maximum atomic E-state index is 10.9. The molecule has 0 spiro atoms. The average Bonchev–Trinajstić information content (AvgIpc) is 2.30. The maximum absolute atomic E-state index is 10.9. The zero-order chi connectivity index (χ0) is 8.43. The summed E-state index contributed by atoms with van der Waals surface area (Å²) >= 11 is 0. The highest BCUT2D eigenvalue weighted by atomic mass is 16.2. The zero-order valence-electron chi connectivity index (χ0n) is 6.82. The summed E-state index contributed by atoms with van der Waals surface area (Å²) in [7, 11) is 1.83. The average molecular weight is 155 g/mol. The van der Waals surface area contributed by atoms with E-state index < -0.39 is 0 Å². The van der Waals surface area contributed by atoms with Crippen LogP contribution in [-0.4, -0.2) is 35.5 Å². The van der Waals surface area contributed by atoms with Gasteiger partial charge in [-0.05, 0) is 6.92 Å². The van der Waals surface area contributed by atoms with E-state index in [1.807, 2.05) is 31.3 Å². The molecule has 1 unspecified atom stereocenters. The lowest BCUT2D eigenvalue weighted by atomic mass is 10.4. The molecular formula is C7H13N3O. The van der Waals surface area contributed by atoms with Crippen LogP contribution in [-0.2, 0) is 4.79 Å². The Kier molecular flexibility index (Phi) is 2.03. The third-order valence-electron chi connectivity index (χ3n) is 1.81. The van der Waals surface area contributed by atoms with Crippen molar-refractivity contribution in [3.05, 3.63) is 12.4 Å². The molecule has 0 saturated heterocycles. The third-order valence-corrected chi connectivity index (χ3v) is 1.81. The predicted molar refractivity (Wildman–Crippen MR) is 42.3 cm³/mol. The first-order valence-corrected chi connectivity index (χ1v) is 3.62. The first kappa shape index (κ1) is 7.91. The molecule has 1 aliphatic heterocycles. The van der Waals surface area contributed by atoms with Gasteiger partial charge in [0.2, 0.25) is 0 Å². The van der Waals surface area contributed by atoms with Gasteiger partial charge in [-0.25, -0.2) is 0 Å². The summed E-state index contributed by atoms with van der Waals surface area (Å²) in [5, 5.41) is 0. The van der Waals surface area contributed by atoms with E-state index in [0.717, 1.165) is 6.54 Å². The molecule has 0 aliphatic carbocycles. The fourth-order valence-corrected chi connectivity index (χ4v) is 1.23. The van der Waals surface area contributed by atoms with Crippen molar-refractivity contribution in [2.75, 3.05) is 13.6 Å². The highest BCUT2D eigenvalue weighted by molar-refractivity contribution is 5.80. The second kappa shape index (κ2) is 2.82. The Morgan fingerprint density at radius 2 is 2.27 bits per heavy atom. The van der Waals surface area contributed by atoms with Crippen molar-refractivity contribution in [1.29, 1.82) is 0 Å². The topological polar surface area (TPSA) is 49.6 Å². The van der Waals surface area contributed by atoms with Crippen LogP contribution in [0.5, 0.6) is 0 Å². The quantitative estimate of drug-likeness (QED) is 0.587. The number of carbonyl (C=O) groups is 1. The van der Waals surface area contributed by atoms with E-state index in [4.69, 9.17) is 5.73 Å². The molecule has 2 N–H and O–H groups in total. The smallest absolute Gasteiger partial charge is 0.261 e. The van der Waals surface area contributed by atoms with E-state index in [-0.39, 0.29) is 12.1 Å². The normalized spacial score (nSPS) is 22.9. The van der Waals surface area contributed by atoms with Crippen molar-refractivity contribution < 1.29 is 4.79 Å². The van der Waals surface area contributed by atoms with Crippen LogP contribution in [0.1, 0.15) is 6.92 Å². The summed E-state index contributed by atoms with van der Waals surface area (Å²) in [5.74, 6) is -0.306. The van der Waals surface area contributed by atoms with Gasteiger partial charge in [0.25, 0.3) is 5.91 Å². The van der Waals surface area contributed by atoms with Crippen LogP contribution in [0.15, 0.2) is 12.4 Å². The van der Waals surface area contributed by atoms with Crippen molar-refractivity contribution in [3.63, 3.8) is 0 Å². The molecule has 1 aliphatic rings. The molecule has 0 aromatic rings. The molecule has 0 aromatic heterocycles. The molecule has 1 rings (SSSR count). The van der Waals surface area contributed by atoms with Crippen LogP contribution < -0.4 is 5.73 Å². The van der Waals surface area contributed by atoms with E-state index in [2.05, 4.69) is 0 Å². The fraction of sp³-hybridized carbons (Fsp3) is 0.571. The van der Waals surface area contributed by atoms with E-state index >= 15 is 0 Å². The number of carbonyl (C=O) groups excluding carboxylic acids is 1. The Morgan fingerprint density at radius 3 is 2.64 bits per heavy atom. The first-order valence-electron chi connectivity index (χ1n) is 3.62. The SMILES string of the molecule is CCN1C=CN(C)C1C(N)=O. The lowest BCUT2D eigenvalue weighted by molar-refractivity contribution is -0.125. The molecule has 4 heteroatoms. The molecule has 1 heterocycles. The van der Waals surface area contributed by atoms with E-state index in [1.165, 1.54) is 0 Å². The molecular weight excluding hydrogens is 142 g/mol. The van der Waals surface area contributed by atoms with Gasteiger partial charge in [-0.1, -0.05) is 0 Å². The van der Waals surface area contributed by atoms with Gasteiger partial charge in [-0.15, -0.1) is 0 Å². The summed E-state index contributed by atoms with van der Waals surface area (Å²) in [6.45, 7) is 2.79. The van der Waals surface area contributed by atoms with Gasteiger partial charge in [-0.3, -0.25) is 4.79 Å². The Balaban J connectivity index is 2.69. The molecule has 62 valence electrons. The molecule has 0 saturated carbocycles. The summed E-state index contributed by atoms with van der Waals surface area (Å²) in [4.78, 5) is 14.6. The third kappa shape index (κ3) is 1.29. The second-order valence-electron chi connectivity index (χ2n) is 2.57. The highest BCUT2D eigenvalue weighted by Crippen LogP contribution is 2.11. The predicted octanol–water partition coefficient (Wildman–Crippen LogP) is -0.464. The number of rotatable bonds is 2. The minimum Gasteiger partial charge on any atom is -0.366 e. The van der Waals surface area contributed by atoms with E-state index in [1.54, 1.807) is 4.90 Å². The van der Waals surface area contributed by atoms with Crippen molar-refractivity contribution in [1.82, 2.24) is 9.80 Å². The van der Waals surface area contributed by atoms with Crippen molar-refractivity contribution in [2.45, 2.75) is 13.1 Å². The summed E-state index contributed by atoms with van der Waals surface area (Å²) in [6, 6.07) is 0. The molecule has 1 amide bonds. The van der Waals surface area contributed by atoms with Gasteiger partial charge in [0.05, 0.1) is 0 Å². The van der Waals surface area contributed by atoms with Crippen LogP contribution in [0, 0.1) is 0 Å². The van der Waals surface area contributed by atoms with Crippen LogP contribution in [0.4, 0.5) is 0 Å². The fourth-order valence-electron chi connectivity index (χ4n) is 1.23. The van der Waals surface area contributed by atoms with Gasteiger partial charge in [0.15, 0.2) is 6.17 Å². The Labute approximate surface area is 66.3 Å². The first-order chi connectivity index (χ1) is 5.16. The highest BCUT2D eigenvalue weighted by Gasteiger charge is 2.26. The van der Waals surface area contributed by atoms with Crippen molar-refractivity contribution >= 4 is 5.91 Å². The molecule has 0 radical (unpaired) electrons. The Morgan fingerprint density at radius 1 is 1.64 bits per heavy atom. The van der Waals surface area contributed by atoms with Crippen LogP contribution in [0.2, 0.25) is 0 Å². The molecule has 0 bridgehead atoms. The Hall–Kier alpha value is -1.19. The van der Waals surface area contributed by atoms with E-state index in [9.17, 15) is 4.79 Å². The largest absolute Gasteiger partial charge is 0.366 e. The van der Waals surface area contributed by atoms with Gasteiger partial charge < -0.3 is 15.5 Å². The number of likely N-dealkylation sites (N-methyl/N-ethyl adjacent to an activating group) is 2. The van der Waals surface area contributed by atoms with Crippen LogP contribution in [0.3, 0.4) is 0 Å². The number of hydrogen-bond acceptors (Lipinski definition) is 3. The number of primary amides is 1. The zero-order valence-corrected chi connectivity index (χ0v) is 6.82. The number of amides is 1. The summed E-state index contributed by atoms with van der Waals surface area (Å²) in [6.07, 6.45) is 3.42. The van der Waals surface area contributed by atoms with Crippen molar-refractivity contribution in [3.8, 4) is 0 Å². The molecule has 0 aromatic carbocycles. The number of nitrogens with zero attached hydrogens (tertiary/aromatic N) is 2. The molecule has 11 heavy (non-hydrogen) atoms. The lowest BCUT2D eigenvalue weighted by Crippen LogP contribution is -2.46. The standard InChI is InChI=1S/C7H13N3O/c1-3-10-5-4-9(2)7(10)6(8)11/h4-5,7H,3H2,1-2H3,(H2,8,11). The summed E-state index contributed by atoms with van der Waals surface area (Å²) < 4.78 is 0. The van der Waals surface area contributed by atoms with Gasteiger partial charge in [0.1, 0.15) is 0 Å². The second-order valence-corrected chi connectivity index (χ2v) is 2.57. The van der Waals surface area contributed by atoms with E-state index in [0.29, 0.717) is 0 Å². The lowest BCUT2D eigenvalue weighted by Gasteiger charge is -2.26. The minimum atomic E-state index is -0.306. The van der Waals surface area contributed by atoms with Gasteiger partial charge in [-0.2, -0.15) is 0 Å². The van der Waals surface area contributed by atoms with Gasteiger partial charge >= 0.3 is 0 Å². The van der Waals surface area contributed by atoms with Crippen molar-refractivity contribution in [2.24, 2.45) is 5.73 Å². The van der Waals surface area contributed by atoms with Crippen LogP contribution >= 0.6 is 0 Å². The number of hydrogen-bond donors (Lipinski definition) is 1. The maximum Gasteiger partial charge on any atom is 0.261 e. The Bertz CT molecular complexity index is 190. The molecule has 4 nitrogen and oxygen atoms in total.